The zero-order valence-corrected chi connectivity index (χ0v) is 15.2. The Morgan fingerprint density at radius 3 is 2.96 bits per heavy atom. The van der Waals surface area contributed by atoms with Crippen molar-refractivity contribution in [3.8, 4) is 0 Å². The highest BCUT2D eigenvalue weighted by Gasteiger charge is 2.59. The lowest BCUT2D eigenvalue weighted by molar-refractivity contribution is -0.108. The third-order valence-corrected chi connectivity index (χ3v) is 6.10. The van der Waals surface area contributed by atoms with Gasteiger partial charge in [-0.3, -0.25) is 0 Å². The fraction of sp³-hybridized carbons (Fsp3) is 0.706. The Labute approximate surface area is 142 Å². The van der Waals surface area contributed by atoms with Crippen LogP contribution in [0.1, 0.15) is 31.9 Å². The van der Waals surface area contributed by atoms with Crippen LogP contribution in [0.25, 0.3) is 0 Å². The molecule has 0 aromatic carbocycles. The molecule has 1 aromatic heterocycles. The van der Waals surface area contributed by atoms with E-state index < -0.39 is 0 Å². The van der Waals surface area contributed by atoms with E-state index >= 15 is 0 Å². The zero-order chi connectivity index (χ0) is 16.6. The van der Waals surface area contributed by atoms with Gasteiger partial charge in [-0.15, -0.1) is 0 Å². The summed E-state index contributed by atoms with van der Waals surface area (Å²) in [6.07, 6.45) is 1.35. The van der Waals surface area contributed by atoms with E-state index in [1.54, 1.807) is 11.3 Å². The topological polar surface area (TPSA) is 53.6 Å². The highest BCUT2D eigenvalue weighted by molar-refractivity contribution is 7.07. The molecule has 2 amide bonds. The second-order valence-electron chi connectivity index (χ2n) is 7.43. The van der Waals surface area contributed by atoms with Crippen LogP contribution in [0.4, 0.5) is 4.79 Å². The molecular weight excluding hydrogens is 310 g/mol. The maximum Gasteiger partial charge on any atom is 0.315 e. The van der Waals surface area contributed by atoms with E-state index in [1.807, 2.05) is 14.1 Å². The maximum atomic E-state index is 12.3. The van der Waals surface area contributed by atoms with E-state index in [2.05, 4.69) is 46.2 Å². The fourth-order valence-electron chi connectivity index (χ4n) is 4.06. The number of urea groups is 1. The zero-order valence-electron chi connectivity index (χ0n) is 14.3. The van der Waals surface area contributed by atoms with Gasteiger partial charge in [0.15, 0.2) is 0 Å². The molecular formula is C17H27N3O2S. The molecule has 0 bridgehead atoms. The van der Waals surface area contributed by atoms with Gasteiger partial charge in [-0.05, 0) is 42.9 Å². The number of likely N-dealkylation sites (N-methyl/N-ethyl adjacent to an activating group) is 1. The van der Waals surface area contributed by atoms with Crippen LogP contribution in [0, 0.1) is 11.3 Å². The van der Waals surface area contributed by atoms with Crippen molar-refractivity contribution in [3.05, 3.63) is 22.4 Å². The number of hydrogen-bond donors (Lipinski definition) is 2. The number of fused-ring (bicyclic) bond motifs is 1. The van der Waals surface area contributed by atoms with Crippen LogP contribution >= 0.6 is 11.3 Å². The number of rotatable bonds is 5. The summed E-state index contributed by atoms with van der Waals surface area (Å²) in [4.78, 5) is 14.5. The second-order valence-corrected chi connectivity index (χ2v) is 8.21. The molecule has 128 valence electrons. The van der Waals surface area contributed by atoms with Gasteiger partial charge in [-0.1, -0.05) is 13.8 Å². The van der Waals surface area contributed by atoms with Gasteiger partial charge in [0, 0.05) is 30.5 Å². The molecule has 1 saturated heterocycles. The van der Waals surface area contributed by atoms with Crippen LogP contribution < -0.4 is 10.6 Å². The molecule has 2 heterocycles. The van der Waals surface area contributed by atoms with E-state index in [4.69, 9.17) is 4.74 Å². The van der Waals surface area contributed by atoms with Crippen molar-refractivity contribution in [1.29, 1.82) is 0 Å². The first-order valence-corrected chi connectivity index (χ1v) is 9.20. The fourth-order valence-corrected chi connectivity index (χ4v) is 4.77. The summed E-state index contributed by atoms with van der Waals surface area (Å²) in [5.41, 5.74) is 1.26. The number of carbonyl (C=O) groups is 1. The van der Waals surface area contributed by atoms with Crippen LogP contribution in [0.3, 0.4) is 0 Å². The Morgan fingerprint density at radius 1 is 1.52 bits per heavy atom. The minimum Gasteiger partial charge on any atom is -0.377 e. The first-order chi connectivity index (χ1) is 10.9. The van der Waals surface area contributed by atoms with Gasteiger partial charge in [0.1, 0.15) is 0 Å². The van der Waals surface area contributed by atoms with Gasteiger partial charge in [-0.2, -0.15) is 11.3 Å². The lowest BCUT2D eigenvalue weighted by atomic mass is 9.57. The third-order valence-electron chi connectivity index (χ3n) is 5.39. The molecule has 2 N–H and O–H groups in total. The third kappa shape index (κ3) is 3.12. The van der Waals surface area contributed by atoms with Gasteiger partial charge < -0.3 is 20.3 Å². The summed E-state index contributed by atoms with van der Waals surface area (Å²) in [5.74, 6) is 0.470. The smallest absolute Gasteiger partial charge is 0.315 e. The average Bonchev–Trinajstić information content (AvgIpc) is 3.15. The van der Waals surface area contributed by atoms with Gasteiger partial charge in [0.05, 0.1) is 12.1 Å². The molecule has 5 nitrogen and oxygen atoms in total. The van der Waals surface area contributed by atoms with E-state index in [1.165, 1.54) is 5.56 Å². The number of ether oxygens (including phenoxy) is 1. The standard InChI is InChI=1S/C17H27N3O2S/c1-17(2)14(12-5-7-22-15(12)17)19-16(21)18-9-13(20(3)4)11-6-8-23-10-11/h6,8,10,12-15H,5,7,9H2,1-4H3,(H2,18,19,21). The Balaban J connectivity index is 1.53. The number of nitrogens with one attached hydrogen (secondary N) is 2. The summed E-state index contributed by atoms with van der Waals surface area (Å²) in [5, 5.41) is 10.4. The molecule has 1 aliphatic heterocycles. The van der Waals surface area contributed by atoms with Crippen molar-refractivity contribution in [3.63, 3.8) is 0 Å². The summed E-state index contributed by atoms with van der Waals surface area (Å²) in [6, 6.07) is 2.44. The van der Waals surface area contributed by atoms with Crippen LogP contribution in [0.15, 0.2) is 16.8 Å². The summed E-state index contributed by atoms with van der Waals surface area (Å²) in [6.45, 7) is 5.78. The normalized spacial score (nSPS) is 29.7. The molecule has 2 fully saturated rings. The molecule has 1 saturated carbocycles. The number of nitrogens with zero attached hydrogens (tertiary/aromatic N) is 1. The van der Waals surface area contributed by atoms with Gasteiger partial charge in [0.2, 0.25) is 0 Å². The Kier molecular flexibility index (Phi) is 4.67. The van der Waals surface area contributed by atoms with Crippen molar-refractivity contribution < 1.29 is 9.53 Å². The Bertz CT molecular complexity index is 544. The predicted molar refractivity (Wildman–Crippen MR) is 92.7 cm³/mol. The van der Waals surface area contributed by atoms with Gasteiger partial charge >= 0.3 is 6.03 Å². The predicted octanol–water partition coefficient (Wildman–Crippen LogP) is 2.46. The van der Waals surface area contributed by atoms with Crippen molar-refractivity contribution in [1.82, 2.24) is 15.5 Å². The van der Waals surface area contributed by atoms with Crippen molar-refractivity contribution in [2.24, 2.45) is 11.3 Å². The quantitative estimate of drug-likeness (QED) is 0.868. The molecule has 4 unspecified atom stereocenters. The lowest BCUT2D eigenvalue weighted by Crippen LogP contribution is -2.67. The largest absolute Gasteiger partial charge is 0.377 e. The van der Waals surface area contributed by atoms with Crippen LogP contribution in [-0.4, -0.2) is 50.3 Å². The number of amides is 2. The van der Waals surface area contributed by atoms with E-state index in [0.717, 1.165) is 13.0 Å². The van der Waals surface area contributed by atoms with Crippen LogP contribution in [-0.2, 0) is 4.74 Å². The molecule has 3 rings (SSSR count). The number of thiophene rings is 1. The highest BCUT2D eigenvalue weighted by atomic mass is 32.1. The van der Waals surface area contributed by atoms with Crippen molar-refractivity contribution >= 4 is 17.4 Å². The molecule has 0 spiro atoms. The number of hydrogen-bond acceptors (Lipinski definition) is 4. The van der Waals surface area contributed by atoms with E-state index in [-0.39, 0.29) is 23.5 Å². The average molecular weight is 337 g/mol. The van der Waals surface area contributed by atoms with Crippen molar-refractivity contribution in [2.45, 2.75) is 38.5 Å². The molecule has 1 aliphatic carbocycles. The van der Waals surface area contributed by atoms with Gasteiger partial charge in [0.25, 0.3) is 0 Å². The van der Waals surface area contributed by atoms with Gasteiger partial charge in [-0.25, -0.2) is 4.79 Å². The monoisotopic (exact) mass is 337 g/mol. The van der Waals surface area contributed by atoms with E-state index in [9.17, 15) is 4.79 Å². The molecule has 2 aliphatic rings. The summed E-state index contributed by atoms with van der Waals surface area (Å²) >= 11 is 1.68. The van der Waals surface area contributed by atoms with E-state index in [0.29, 0.717) is 18.6 Å². The minimum atomic E-state index is -0.0736. The first kappa shape index (κ1) is 16.7. The SMILES string of the molecule is CN(C)C(CNC(=O)NC1C2CCOC2C1(C)C)c1ccsc1. The minimum absolute atomic E-state index is 0.0206. The Hall–Kier alpha value is -1.11. The number of carbonyl (C=O) groups excluding carboxylic acids is 1. The maximum absolute atomic E-state index is 12.3. The van der Waals surface area contributed by atoms with Crippen molar-refractivity contribution in [2.75, 3.05) is 27.2 Å². The lowest BCUT2D eigenvalue weighted by Gasteiger charge is -2.54. The van der Waals surface area contributed by atoms with Crippen LogP contribution in [0.2, 0.25) is 0 Å². The summed E-state index contributed by atoms with van der Waals surface area (Å²) < 4.78 is 5.78. The first-order valence-electron chi connectivity index (χ1n) is 8.25. The van der Waals surface area contributed by atoms with Crippen LogP contribution in [0.5, 0.6) is 0 Å². The molecule has 23 heavy (non-hydrogen) atoms. The molecule has 0 radical (unpaired) electrons. The summed E-state index contributed by atoms with van der Waals surface area (Å²) in [7, 11) is 4.08. The molecule has 6 heteroatoms. The Morgan fingerprint density at radius 2 is 2.30 bits per heavy atom. The molecule has 1 aromatic rings. The highest BCUT2D eigenvalue weighted by Crippen LogP contribution is 2.52. The molecule has 4 atom stereocenters. The second kappa shape index (κ2) is 6.42.